The Balaban J connectivity index is 1.52. The minimum atomic E-state index is 0.391. The van der Waals surface area contributed by atoms with E-state index in [-0.39, 0.29) is 0 Å². The number of aryl methyl sites for hydroxylation is 1. The van der Waals surface area contributed by atoms with Crippen molar-refractivity contribution in [2.24, 2.45) is 0 Å². The molecule has 2 N–H and O–H groups in total. The molecule has 0 atom stereocenters. The van der Waals surface area contributed by atoms with Gasteiger partial charge in [0.2, 0.25) is 5.95 Å². The summed E-state index contributed by atoms with van der Waals surface area (Å²) in [5, 5.41) is 0. The molecule has 7 nitrogen and oxygen atoms in total. The number of nitrogens with zero attached hydrogens (tertiary/aromatic N) is 5. The van der Waals surface area contributed by atoms with Gasteiger partial charge in [0.15, 0.2) is 0 Å². The van der Waals surface area contributed by atoms with Crippen LogP contribution < -0.4 is 10.6 Å². The van der Waals surface area contributed by atoms with Crippen LogP contribution in [0.1, 0.15) is 18.2 Å². The lowest BCUT2D eigenvalue weighted by atomic mass is 10.1. The van der Waals surface area contributed by atoms with E-state index in [9.17, 15) is 0 Å². The van der Waals surface area contributed by atoms with Crippen LogP contribution in [0.15, 0.2) is 0 Å². The number of hydrogen-bond acceptors (Lipinski definition) is 7. The molecule has 0 amide bonds. The Kier molecular flexibility index (Phi) is 5.86. The fourth-order valence-corrected chi connectivity index (χ4v) is 3.51. The number of nitrogens with two attached hydrogens (primary N) is 1. The van der Waals surface area contributed by atoms with E-state index >= 15 is 0 Å². The molecule has 0 saturated carbocycles. The molecule has 0 spiro atoms. The number of hydrogen-bond donors (Lipinski definition) is 1. The summed E-state index contributed by atoms with van der Waals surface area (Å²) in [7, 11) is 0. The van der Waals surface area contributed by atoms with Gasteiger partial charge in [0, 0.05) is 57.9 Å². The van der Waals surface area contributed by atoms with Gasteiger partial charge in [-0.25, -0.2) is 4.98 Å². The van der Waals surface area contributed by atoms with E-state index in [1.807, 2.05) is 0 Å². The Labute approximate surface area is 144 Å². The van der Waals surface area contributed by atoms with Gasteiger partial charge in [-0.3, -0.25) is 9.80 Å². The van der Waals surface area contributed by atoms with Crippen LogP contribution in [-0.2, 0) is 11.2 Å². The number of piperazine rings is 1. The second-order valence-electron chi connectivity index (χ2n) is 6.61. The third-order valence-electron chi connectivity index (χ3n) is 5.08. The first-order valence-electron chi connectivity index (χ1n) is 9.07. The maximum Gasteiger partial charge on any atom is 0.222 e. The fourth-order valence-electron chi connectivity index (χ4n) is 3.51. The van der Waals surface area contributed by atoms with Crippen molar-refractivity contribution in [1.82, 2.24) is 19.8 Å². The van der Waals surface area contributed by atoms with E-state index in [0.717, 1.165) is 83.5 Å². The summed E-state index contributed by atoms with van der Waals surface area (Å²) in [6.45, 7) is 14.6. The third-order valence-corrected chi connectivity index (χ3v) is 5.08. The van der Waals surface area contributed by atoms with Crippen LogP contribution in [0.5, 0.6) is 0 Å². The second-order valence-corrected chi connectivity index (χ2v) is 6.61. The van der Waals surface area contributed by atoms with E-state index in [4.69, 9.17) is 10.5 Å². The van der Waals surface area contributed by atoms with Gasteiger partial charge in [-0.1, -0.05) is 6.92 Å². The van der Waals surface area contributed by atoms with Crippen molar-refractivity contribution in [3.63, 3.8) is 0 Å². The first-order chi connectivity index (χ1) is 11.7. The second kappa shape index (κ2) is 8.09. The van der Waals surface area contributed by atoms with Gasteiger partial charge < -0.3 is 15.4 Å². The lowest BCUT2D eigenvalue weighted by Crippen LogP contribution is -2.50. The molecule has 2 saturated heterocycles. The van der Waals surface area contributed by atoms with Gasteiger partial charge in [-0.05, 0) is 13.3 Å². The number of rotatable bonds is 5. The van der Waals surface area contributed by atoms with E-state index in [2.05, 4.69) is 38.5 Å². The highest BCUT2D eigenvalue weighted by Gasteiger charge is 2.21. The summed E-state index contributed by atoms with van der Waals surface area (Å²) in [6.07, 6.45) is 0.894. The first-order valence-corrected chi connectivity index (χ1v) is 9.07. The first kappa shape index (κ1) is 17.4. The molecule has 1 aromatic rings. The average molecular weight is 334 g/mol. The zero-order chi connectivity index (χ0) is 16.9. The molecule has 2 fully saturated rings. The Hall–Kier alpha value is -1.44. The molecule has 134 valence electrons. The maximum atomic E-state index is 5.89. The van der Waals surface area contributed by atoms with Crippen LogP contribution in [0, 0.1) is 6.92 Å². The molecule has 1 aromatic heterocycles. The van der Waals surface area contributed by atoms with Gasteiger partial charge >= 0.3 is 0 Å². The monoisotopic (exact) mass is 334 g/mol. The summed E-state index contributed by atoms with van der Waals surface area (Å²) >= 11 is 0. The highest BCUT2D eigenvalue weighted by atomic mass is 16.5. The maximum absolute atomic E-state index is 5.89. The van der Waals surface area contributed by atoms with Gasteiger partial charge in [-0.15, -0.1) is 0 Å². The van der Waals surface area contributed by atoms with Gasteiger partial charge in [0.1, 0.15) is 5.82 Å². The van der Waals surface area contributed by atoms with Crippen LogP contribution in [0.4, 0.5) is 11.8 Å². The number of anilines is 2. The molecule has 0 radical (unpaired) electrons. The van der Waals surface area contributed by atoms with Crippen molar-refractivity contribution < 1.29 is 4.74 Å². The van der Waals surface area contributed by atoms with E-state index < -0.39 is 0 Å². The highest BCUT2D eigenvalue weighted by molar-refractivity contribution is 5.51. The standard InChI is InChI=1S/C17H30N6O/c1-3-15-14(2)16(20-17(18)19-15)23-8-6-21(7-9-23)4-5-22-10-12-24-13-11-22/h3-13H2,1-2H3,(H2,18,19,20). The molecular formula is C17H30N6O. The topological polar surface area (TPSA) is 70.8 Å². The smallest absolute Gasteiger partial charge is 0.222 e. The van der Waals surface area contributed by atoms with Crippen molar-refractivity contribution in [2.45, 2.75) is 20.3 Å². The van der Waals surface area contributed by atoms with Crippen molar-refractivity contribution >= 4 is 11.8 Å². The van der Waals surface area contributed by atoms with Crippen LogP contribution in [0.25, 0.3) is 0 Å². The lowest BCUT2D eigenvalue weighted by Gasteiger charge is -2.37. The Morgan fingerprint density at radius 1 is 0.958 bits per heavy atom. The van der Waals surface area contributed by atoms with Crippen molar-refractivity contribution in [1.29, 1.82) is 0 Å². The molecule has 3 heterocycles. The Morgan fingerprint density at radius 3 is 2.21 bits per heavy atom. The summed E-state index contributed by atoms with van der Waals surface area (Å²) in [4.78, 5) is 16.3. The summed E-state index contributed by atoms with van der Waals surface area (Å²) < 4.78 is 5.41. The van der Waals surface area contributed by atoms with Crippen LogP contribution in [0.3, 0.4) is 0 Å². The molecule has 0 aliphatic carbocycles. The fraction of sp³-hybridized carbons (Fsp3) is 0.765. The Morgan fingerprint density at radius 2 is 1.58 bits per heavy atom. The molecule has 0 unspecified atom stereocenters. The minimum absolute atomic E-state index is 0.391. The van der Waals surface area contributed by atoms with Crippen LogP contribution in [0.2, 0.25) is 0 Å². The molecular weight excluding hydrogens is 304 g/mol. The lowest BCUT2D eigenvalue weighted by molar-refractivity contribution is 0.0331. The van der Waals surface area contributed by atoms with Crippen LogP contribution in [-0.4, -0.2) is 85.3 Å². The average Bonchev–Trinajstić information content (AvgIpc) is 2.63. The molecule has 24 heavy (non-hydrogen) atoms. The van der Waals surface area contributed by atoms with E-state index in [1.165, 1.54) is 5.56 Å². The zero-order valence-electron chi connectivity index (χ0n) is 15.0. The molecule has 0 bridgehead atoms. The third kappa shape index (κ3) is 4.15. The molecule has 2 aliphatic rings. The molecule has 0 aromatic carbocycles. The predicted molar refractivity (Wildman–Crippen MR) is 96.5 cm³/mol. The number of morpholine rings is 1. The van der Waals surface area contributed by atoms with Gasteiger partial charge in [0.05, 0.1) is 18.9 Å². The Bertz CT molecular complexity index is 538. The summed E-state index contributed by atoms with van der Waals surface area (Å²) in [6, 6.07) is 0. The number of ether oxygens (including phenoxy) is 1. The van der Waals surface area contributed by atoms with Gasteiger partial charge in [-0.2, -0.15) is 4.98 Å². The summed E-state index contributed by atoms with van der Waals surface area (Å²) in [5.41, 5.74) is 8.13. The summed E-state index contributed by atoms with van der Waals surface area (Å²) in [5.74, 6) is 1.41. The van der Waals surface area contributed by atoms with Crippen molar-refractivity contribution in [3.8, 4) is 0 Å². The zero-order valence-corrected chi connectivity index (χ0v) is 15.0. The minimum Gasteiger partial charge on any atom is -0.379 e. The number of nitrogen functional groups attached to an aromatic ring is 1. The van der Waals surface area contributed by atoms with Gasteiger partial charge in [0.25, 0.3) is 0 Å². The predicted octanol–water partition coefficient (Wildman–Crippen LogP) is 0.384. The van der Waals surface area contributed by atoms with Crippen molar-refractivity contribution in [2.75, 3.05) is 76.2 Å². The normalized spacial score (nSPS) is 20.5. The molecule has 2 aliphatic heterocycles. The SMILES string of the molecule is CCc1nc(N)nc(N2CCN(CCN3CCOCC3)CC2)c1C. The van der Waals surface area contributed by atoms with Crippen molar-refractivity contribution in [3.05, 3.63) is 11.3 Å². The molecule has 7 heteroatoms. The van der Waals surface area contributed by atoms with E-state index in [1.54, 1.807) is 0 Å². The van der Waals surface area contributed by atoms with E-state index in [0.29, 0.717) is 5.95 Å². The molecule has 3 rings (SSSR count). The van der Waals surface area contributed by atoms with Crippen LogP contribution >= 0.6 is 0 Å². The largest absolute Gasteiger partial charge is 0.379 e. The quantitative estimate of drug-likeness (QED) is 0.835. The number of aromatic nitrogens is 2. The highest BCUT2D eigenvalue weighted by Crippen LogP contribution is 2.22.